The summed E-state index contributed by atoms with van der Waals surface area (Å²) in [6.45, 7) is 7.27. The highest BCUT2D eigenvalue weighted by atomic mass is 16.6. The molecule has 1 rings (SSSR count). The monoisotopic (exact) mass is 244 g/mol. The zero-order valence-electron chi connectivity index (χ0n) is 11.4. The molecule has 2 atom stereocenters. The number of ether oxygens (including phenoxy) is 2. The van der Waals surface area contributed by atoms with Crippen molar-refractivity contribution in [2.45, 2.75) is 44.9 Å². The van der Waals surface area contributed by atoms with Gasteiger partial charge in [-0.15, -0.1) is 0 Å². The molecule has 0 spiro atoms. The predicted octanol–water partition coefficient (Wildman–Crippen LogP) is 1.23. The molecule has 1 amide bonds. The first kappa shape index (κ1) is 14.3. The number of nitrogens with one attached hydrogen (secondary N) is 1. The highest BCUT2D eigenvalue weighted by molar-refractivity contribution is 5.68. The molecule has 5 heteroatoms. The van der Waals surface area contributed by atoms with E-state index in [4.69, 9.17) is 9.47 Å². The Kier molecular flexibility index (Phi) is 4.77. The van der Waals surface area contributed by atoms with Gasteiger partial charge in [0.05, 0.1) is 12.1 Å². The predicted molar refractivity (Wildman–Crippen MR) is 66.1 cm³/mol. The smallest absolute Gasteiger partial charge is 0.410 e. The van der Waals surface area contributed by atoms with Crippen LogP contribution in [0.2, 0.25) is 0 Å². The fraction of sp³-hybridized carbons (Fsp3) is 0.917. The quantitative estimate of drug-likeness (QED) is 0.794. The number of nitrogens with zero attached hydrogens (tertiary/aromatic N) is 1. The van der Waals surface area contributed by atoms with Crippen molar-refractivity contribution in [2.24, 2.45) is 0 Å². The van der Waals surface area contributed by atoms with Gasteiger partial charge in [0.15, 0.2) is 0 Å². The third kappa shape index (κ3) is 4.16. The second-order valence-corrected chi connectivity index (χ2v) is 5.43. The number of carbonyl (C=O) groups excluding carboxylic acids is 1. The SMILES string of the molecule is CO[C@@H]1CCNC[C@@H]1N(C)C(=O)OC(C)(C)C. The topological polar surface area (TPSA) is 50.8 Å². The summed E-state index contributed by atoms with van der Waals surface area (Å²) in [5.41, 5.74) is -0.462. The van der Waals surface area contributed by atoms with Gasteiger partial charge in [0.2, 0.25) is 0 Å². The van der Waals surface area contributed by atoms with Crippen LogP contribution in [0.3, 0.4) is 0 Å². The van der Waals surface area contributed by atoms with Crippen LogP contribution in [0.4, 0.5) is 4.79 Å². The van der Waals surface area contributed by atoms with Gasteiger partial charge < -0.3 is 19.7 Å². The molecular formula is C12H24N2O3. The number of methoxy groups -OCH3 is 1. The number of carbonyl (C=O) groups is 1. The average Bonchev–Trinajstić information content (AvgIpc) is 2.25. The lowest BCUT2D eigenvalue weighted by Crippen LogP contribution is -2.55. The summed E-state index contributed by atoms with van der Waals surface area (Å²) in [5.74, 6) is 0. The van der Waals surface area contributed by atoms with E-state index in [1.165, 1.54) is 0 Å². The van der Waals surface area contributed by atoms with Crippen LogP contribution in [-0.2, 0) is 9.47 Å². The largest absolute Gasteiger partial charge is 0.444 e. The van der Waals surface area contributed by atoms with Crippen LogP contribution < -0.4 is 5.32 Å². The van der Waals surface area contributed by atoms with Crippen molar-refractivity contribution >= 4 is 6.09 Å². The summed E-state index contributed by atoms with van der Waals surface area (Å²) in [5, 5.41) is 3.27. The Labute approximate surface area is 103 Å². The first-order valence-electron chi connectivity index (χ1n) is 6.04. The maximum Gasteiger partial charge on any atom is 0.410 e. The summed E-state index contributed by atoms with van der Waals surface area (Å²) >= 11 is 0. The lowest BCUT2D eigenvalue weighted by molar-refractivity contribution is -0.0185. The molecule has 0 aromatic rings. The van der Waals surface area contributed by atoms with Gasteiger partial charge in [0.25, 0.3) is 0 Å². The summed E-state index contributed by atoms with van der Waals surface area (Å²) < 4.78 is 10.8. The Morgan fingerprint density at radius 1 is 1.41 bits per heavy atom. The molecule has 1 N–H and O–H groups in total. The van der Waals surface area contributed by atoms with Crippen LogP contribution in [0.25, 0.3) is 0 Å². The van der Waals surface area contributed by atoms with Crippen molar-refractivity contribution in [1.82, 2.24) is 10.2 Å². The second-order valence-electron chi connectivity index (χ2n) is 5.43. The molecule has 5 nitrogen and oxygen atoms in total. The molecule has 17 heavy (non-hydrogen) atoms. The van der Waals surface area contributed by atoms with E-state index in [-0.39, 0.29) is 18.2 Å². The van der Waals surface area contributed by atoms with Crippen LogP contribution >= 0.6 is 0 Å². The molecule has 0 aromatic heterocycles. The number of piperidine rings is 1. The molecule has 0 aliphatic carbocycles. The Hall–Kier alpha value is -0.810. The number of likely N-dealkylation sites (N-methyl/N-ethyl adjacent to an activating group) is 1. The van der Waals surface area contributed by atoms with Crippen LogP contribution in [0.5, 0.6) is 0 Å². The molecule has 0 bridgehead atoms. The highest BCUT2D eigenvalue weighted by Crippen LogP contribution is 2.16. The average molecular weight is 244 g/mol. The standard InChI is InChI=1S/C12H24N2O3/c1-12(2,3)17-11(15)14(4)9-8-13-7-6-10(9)16-5/h9-10,13H,6-8H2,1-5H3/t9-,10+/m0/s1. The number of rotatable bonds is 2. The van der Waals surface area contributed by atoms with Gasteiger partial charge in [-0.1, -0.05) is 0 Å². The van der Waals surface area contributed by atoms with E-state index in [0.29, 0.717) is 0 Å². The van der Waals surface area contributed by atoms with Gasteiger partial charge in [-0.25, -0.2) is 4.79 Å². The molecule has 1 fully saturated rings. The fourth-order valence-electron chi connectivity index (χ4n) is 1.95. The van der Waals surface area contributed by atoms with Gasteiger partial charge in [-0.2, -0.15) is 0 Å². The maximum absolute atomic E-state index is 11.9. The Morgan fingerprint density at radius 3 is 2.59 bits per heavy atom. The van der Waals surface area contributed by atoms with E-state index in [1.54, 1.807) is 19.1 Å². The summed E-state index contributed by atoms with van der Waals surface area (Å²) in [7, 11) is 3.45. The Bertz CT molecular complexity index is 263. The highest BCUT2D eigenvalue weighted by Gasteiger charge is 2.32. The van der Waals surface area contributed by atoms with Crippen molar-refractivity contribution in [2.75, 3.05) is 27.2 Å². The first-order valence-corrected chi connectivity index (χ1v) is 6.04. The molecular weight excluding hydrogens is 220 g/mol. The first-order chi connectivity index (χ1) is 7.85. The van der Waals surface area contributed by atoms with Crippen LogP contribution in [0.1, 0.15) is 27.2 Å². The van der Waals surface area contributed by atoms with Crippen LogP contribution in [-0.4, -0.2) is 56.0 Å². The van der Waals surface area contributed by atoms with Gasteiger partial charge >= 0.3 is 6.09 Å². The lowest BCUT2D eigenvalue weighted by Gasteiger charge is -2.37. The molecule has 0 saturated carbocycles. The van der Waals surface area contributed by atoms with Gasteiger partial charge in [-0.05, 0) is 33.7 Å². The third-order valence-electron chi connectivity index (χ3n) is 2.87. The molecule has 1 aliphatic heterocycles. The lowest BCUT2D eigenvalue weighted by atomic mass is 10.0. The van der Waals surface area contributed by atoms with Crippen molar-refractivity contribution in [3.8, 4) is 0 Å². The Morgan fingerprint density at radius 2 is 2.06 bits per heavy atom. The van der Waals surface area contributed by atoms with Gasteiger partial charge in [-0.3, -0.25) is 0 Å². The van der Waals surface area contributed by atoms with Crippen LogP contribution in [0.15, 0.2) is 0 Å². The van der Waals surface area contributed by atoms with E-state index < -0.39 is 5.60 Å². The second kappa shape index (κ2) is 5.69. The summed E-state index contributed by atoms with van der Waals surface area (Å²) in [4.78, 5) is 13.6. The van der Waals surface area contributed by atoms with E-state index >= 15 is 0 Å². The van der Waals surface area contributed by atoms with Crippen molar-refractivity contribution in [3.05, 3.63) is 0 Å². The Balaban J connectivity index is 2.60. The molecule has 100 valence electrons. The van der Waals surface area contributed by atoms with E-state index in [2.05, 4.69) is 5.32 Å². The number of amides is 1. The fourth-order valence-corrected chi connectivity index (χ4v) is 1.95. The third-order valence-corrected chi connectivity index (χ3v) is 2.87. The van der Waals surface area contributed by atoms with E-state index in [0.717, 1.165) is 19.5 Å². The van der Waals surface area contributed by atoms with Crippen molar-refractivity contribution < 1.29 is 14.3 Å². The maximum atomic E-state index is 11.9. The summed E-state index contributed by atoms with van der Waals surface area (Å²) in [6, 6.07) is 0.0311. The molecule has 0 radical (unpaired) electrons. The van der Waals surface area contributed by atoms with E-state index in [1.807, 2.05) is 20.8 Å². The zero-order valence-corrected chi connectivity index (χ0v) is 11.4. The number of hydrogen-bond donors (Lipinski definition) is 1. The van der Waals surface area contributed by atoms with Gasteiger partial charge in [0, 0.05) is 20.7 Å². The molecule has 0 aromatic carbocycles. The van der Waals surface area contributed by atoms with E-state index in [9.17, 15) is 4.79 Å². The van der Waals surface area contributed by atoms with Crippen molar-refractivity contribution in [3.63, 3.8) is 0 Å². The van der Waals surface area contributed by atoms with Crippen molar-refractivity contribution in [1.29, 1.82) is 0 Å². The van der Waals surface area contributed by atoms with Gasteiger partial charge in [0.1, 0.15) is 5.60 Å². The van der Waals surface area contributed by atoms with Crippen LogP contribution in [0, 0.1) is 0 Å². The molecule has 1 saturated heterocycles. The molecule has 0 unspecified atom stereocenters. The minimum Gasteiger partial charge on any atom is -0.444 e. The zero-order chi connectivity index (χ0) is 13.1. The summed E-state index contributed by atoms with van der Waals surface area (Å²) in [6.07, 6.45) is 0.691. The minimum absolute atomic E-state index is 0.0311. The minimum atomic E-state index is -0.462. The molecule has 1 heterocycles. The molecule has 1 aliphatic rings. The number of hydrogen-bond acceptors (Lipinski definition) is 4. The normalized spacial score (nSPS) is 25.5.